The quantitative estimate of drug-likeness (QED) is 0.895. The molecule has 1 fully saturated rings. The van der Waals surface area contributed by atoms with Crippen LogP contribution in [0.15, 0.2) is 24.3 Å². The summed E-state index contributed by atoms with van der Waals surface area (Å²) in [6, 6.07) is 7.84. The molecular weight excluding hydrogens is 250 g/mol. The van der Waals surface area contributed by atoms with Crippen LogP contribution in [-0.4, -0.2) is 33.1 Å². The summed E-state index contributed by atoms with van der Waals surface area (Å²) in [5, 5.41) is 0. The van der Waals surface area contributed by atoms with E-state index in [1.54, 1.807) is 0 Å². The highest BCUT2D eigenvalue weighted by Gasteiger charge is 2.26. The summed E-state index contributed by atoms with van der Waals surface area (Å²) in [6.07, 6.45) is 1.37. The predicted octanol–water partition coefficient (Wildman–Crippen LogP) is 1.32. The Morgan fingerprint density at radius 2 is 1.89 bits per heavy atom. The van der Waals surface area contributed by atoms with Crippen molar-refractivity contribution < 1.29 is 13.2 Å². The van der Waals surface area contributed by atoms with E-state index >= 15 is 0 Å². The van der Waals surface area contributed by atoms with Gasteiger partial charge in [0.2, 0.25) is 0 Å². The second-order valence-electron chi connectivity index (χ2n) is 4.60. The molecule has 1 heterocycles. The Morgan fingerprint density at radius 1 is 1.22 bits per heavy atom. The highest BCUT2D eigenvalue weighted by atomic mass is 32.2. The molecule has 4 nitrogen and oxygen atoms in total. The van der Waals surface area contributed by atoms with Crippen molar-refractivity contribution in [2.75, 3.05) is 24.7 Å². The molecule has 0 bridgehead atoms. The molecule has 18 heavy (non-hydrogen) atoms. The minimum atomic E-state index is -2.81. The molecule has 1 aliphatic rings. The van der Waals surface area contributed by atoms with Crippen LogP contribution in [0.25, 0.3) is 0 Å². The first kappa shape index (κ1) is 13.4. The zero-order valence-electron chi connectivity index (χ0n) is 10.3. The summed E-state index contributed by atoms with van der Waals surface area (Å²) in [5.74, 6) is 1.68. The van der Waals surface area contributed by atoms with Crippen molar-refractivity contribution in [2.24, 2.45) is 5.73 Å². The summed E-state index contributed by atoms with van der Waals surface area (Å²) in [5.41, 5.74) is 6.55. The fourth-order valence-electron chi connectivity index (χ4n) is 2.32. The number of sulfone groups is 1. The van der Waals surface area contributed by atoms with Crippen LogP contribution in [0.3, 0.4) is 0 Å². The fraction of sp³-hybridized carbons (Fsp3) is 0.538. The second kappa shape index (κ2) is 5.71. The first-order chi connectivity index (χ1) is 8.62. The first-order valence-corrected chi connectivity index (χ1v) is 8.07. The van der Waals surface area contributed by atoms with Gasteiger partial charge >= 0.3 is 0 Å². The molecule has 0 saturated carbocycles. The Labute approximate surface area is 108 Å². The SMILES string of the molecule is NCCOc1ccccc1C1CCS(=O)(=O)CC1. The van der Waals surface area contributed by atoms with Crippen LogP contribution in [0, 0.1) is 0 Å². The van der Waals surface area contributed by atoms with Crippen molar-refractivity contribution >= 4 is 9.84 Å². The molecule has 0 spiro atoms. The highest BCUT2D eigenvalue weighted by Crippen LogP contribution is 2.34. The van der Waals surface area contributed by atoms with E-state index in [-0.39, 0.29) is 17.4 Å². The molecule has 2 N–H and O–H groups in total. The molecule has 0 amide bonds. The Bertz CT molecular complexity index is 485. The summed E-state index contributed by atoms with van der Waals surface area (Å²) in [4.78, 5) is 0. The summed E-state index contributed by atoms with van der Waals surface area (Å²) in [6.45, 7) is 0.968. The van der Waals surface area contributed by atoms with Crippen LogP contribution in [-0.2, 0) is 9.84 Å². The Kier molecular flexibility index (Phi) is 4.24. The smallest absolute Gasteiger partial charge is 0.150 e. The molecule has 1 aromatic carbocycles. The van der Waals surface area contributed by atoms with Crippen LogP contribution < -0.4 is 10.5 Å². The highest BCUT2D eigenvalue weighted by molar-refractivity contribution is 7.91. The van der Waals surface area contributed by atoms with E-state index in [0.29, 0.717) is 26.0 Å². The fourth-order valence-corrected chi connectivity index (χ4v) is 3.81. The van der Waals surface area contributed by atoms with E-state index in [2.05, 4.69) is 0 Å². The van der Waals surface area contributed by atoms with Gasteiger partial charge in [-0.1, -0.05) is 18.2 Å². The lowest BCUT2D eigenvalue weighted by molar-refractivity contribution is 0.321. The number of para-hydroxylation sites is 1. The maximum Gasteiger partial charge on any atom is 0.150 e. The molecule has 5 heteroatoms. The second-order valence-corrected chi connectivity index (χ2v) is 6.90. The third-order valence-corrected chi connectivity index (χ3v) is 5.00. The normalized spacial score (nSPS) is 19.6. The van der Waals surface area contributed by atoms with Crippen molar-refractivity contribution in [3.63, 3.8) is 0 Å². The molecule has 0 radical (unpaired) electrons. The average molecular weight is 269 g/mol. The van der Waals surface area contributed by atoms with Gasteiger partial charge in [-0.25, -0.2) is 8.42 Å². The Balaban J connectivity index is 2.13. The monoisotopic (exact) mass is 269 g/mol. The zero-order chi connectivity index (χ0) is 13.0. The molecule has 0 aromatic heterocycles. The van der Waals surface area contributed by atoms with Gasteiger partial charge in [0.05, 0.1) is 11.5 Å². The lowest BCUT2D eigenvalue weighted by Crippen LogP contribution is -2.22. The van der Waals surface area contributed by atoms with Crippen molar-refractivity contribution in [2.45, 2.75) is 18.8 Å². The minimum Gasteiger partial charge on any atom is -0.492 e. The van der Waals surface area contributed by atoms with E-state index in [9.17, 15) is 8.42 Å². The number of hydrogen-bond acceptors (Lipinski definition) is 4. The molecule has 100 valence electrons. The van der Waals surface area contributed by atoms with Crippen molar-refractivity contribution in [1.82, 2.24) is 0 Å². The van der Waals surface area contributed by atoms with Crippen molar-refractivity contribution in [3.8, 4) is 5.75 Å². The minimum absolute atomic E-state index is 0.280. The van der Waals surface area contributed by atoms with Gasteiger partial charge in [-0.2, -0.15) is 0 Å². The van der Waals surface area contributed by atoms with E-state index in [1.165, 1.54) is 0 Å². The number of benzene rings is 1. The van der Waals surface area contributed by atoms with Gasteiger partial charge in [0.15, 0.2) is 0 Å². The summed E-state index contributed by atoms with van der Waals surface area (Å²) >= 11 is 0. The molecule has 1 aromatic rings. The van der Waals surface area contributed by atoms with Gasteiger partial charge < -0.3 is 10.5 Å². The number of hydrogen-bond donors (Lipinski definition) is 1. The van der Waals surface area contributed by atoms with Gasteiger partial charge in [0.25, 0.3) is 0 Å². The number of rotatable bonds is 4. The van der Waals surface area contributed by atoms with Gasteiger partial charge in [0.1, 0.15) is 22.2 Å². The Hall–Kier alpha value is -1.07. The first-order valence-electron chi connectivity index (χ1n) is 6.24. The van der Waals surface area contributed by atoms with Crippen molar-refractivity contribution in [3.05, 3.63) is 29.8 Å². The largest absolute Gasteiger partial charge is 0.492 e. The van der Waals surface area contributed by atoms with Crippen LogP contribution in [0.4, 0.5) is 0 Å². The lowest BCUT2D eigenvalue weighted by Gasteiger charge is -2.24. The average Bonchev–Trinajstić information content (AvgIpc) is 2.37. The molecule has 0 aliphatic carbocycles. The molecule has 0 unspecified atom stereocenters. The van der Waals surface area contributed by atoms with Gasteiger partial charge in [-0.3, -0.25) is 0 Å². The molecule has 1 saturated heterocycles. The molecule has 1 aliphatic heterocycles. The standard InChI is InChI=1S/C13H19NO3S/c14-7-8-17-13-4-2-1-3-12(13)11-5-9-18(15,16)10-6-11/h1-4,11H,5-10,14H2. The van der Waals surface area contributed by atoms with Crippen LogP contribution in [0.1, 0.15) is 24.3 Å². The number of ether oxygens (including phenoxy) is 1. The van der Waals surface area contributed by atoms with E-state index in [4.69, 9.17) is 10.5 Å². The number of nitrogens with two attached hydrogens (primary N) is 1. The van der Waals surface area contributed by atoms with Crippen LogP contribution in [0.2, 0.25) is 0 Å². The summed E-state index contributed by atoms with van der Waals surface area (Å²) in [7, 11) is -2.81. The van der Waals surface area contributed by atoms with Crippen molar-refractivity contribution in [1.29, 1.82) is 0 Å². The predicted molar refractivity (Wildman–Crippen MR) is 71.6 cm³/mol. The van der Waals surface area contributed by atoms with Gasteiger partial charge in [0, 0.05) is 6.54 Å². The molecule has 0 atom stereocenters. The third kappa shape index (κ3) is 3.23. The maximum absolute atomic E-state index is 11.4. The van der Waals surface area contributed by atoms with E-state index < -0.39 is 9.84 Å². The van der Waals surface area contributed by atoms with E-state index in [0.717, 1.165) is 11.3 Å². The van der Waals surface area contributed by atoms with Gasteiger partial charge in [-0.05, 0) is 30.4 Å². The van der Waals surface area contributed by atoms with Gasteiger partial charge in [-0.15, -0.1) is 0 Å². The molecule has 2 rings (SSSR count). The Morgan fingerprint density at radius 3 is 2.56 bits per heavy atom. The topological polar surface area (TPSA) is 69.4 Å². The zero-order valence-corrected chi connectivity index (χ0v) is 11.2. The van der Waals surface area contributed by atoms with Crippen LogP contribution >= 0.6 is 0 Å². The van der Waals surface area contributed by atoms with E-state index in [1.807, 2.05) is 24.3 Å². The van der Waals surface area contributed by atoms with Crippen LogP contribution in [0.5, 0.6) is 5.75 Å². The lowest BCUT2D eigenvalue weighted by atomic mass is 9.93. The molecular formula is C13H19NO3S. The summed E-state index contributed by atoms with van der Waals surface area (Å²) < 4.78 is 28.5. The maximum atomic E-state index is 11.4. The third-order valence-electron chi connectivity index (χ3n) is 3.29.